The number of aromatic amines is 1. The second-order valence-electron chi connectivity index (χ2n) is 9.22. The van der Waals surface area contributed by atoms with E-state index < -0.39 is 0 Å². The summed E-state index contributed by atoms with van der Waals surface area (Å²) >= 11 is 0. The van der Waals surface area contributed by atoms with Crippen molar-refractivity contribution in [1.82, 2.24) is 20.5 Å². The van der Waals surface area contributed by atoms with E-state index >= 15 is 0 Å². The van der Waals surface area contributed by atoms with Crippen molar-refractivity contribution in [2.75, 3.05) is 33.3 Å². The largest absolute Gasteiger partial charge is 0.497 e. The Morgan fingerprint density at radius 1 is 1.06 bits per heavy atom. The van der Waals surface area contributed by atoms with Gasteiger partial charge in [-0.05, 0) is 67.1 Å². The van der Waals surface area contributed by atoms with Crippen molar-refractivity contribution >= 4 is 22.7 Å². The fraction of sp³-hybridized carbons (Fsp3) is 0.429. The molecule has 3 aromatic rings. The zero-order valence-electron chi connectivity index (χ0n) is 20.7. The fourth-order valence-corrected chi connectivity index (χ4v) is 4.76. The number of rotatable bonds is 10. The molecule has 0 unspecified atom stereocenters. The van der Waals surface area contributed by atoms with E-state index in [0.29, 0.717) is 19.4 Å². The molecular formula is C28H36N4O3. The second kappa shape index (κ2) is 11.9. The maximum atomic E-state index is 12.8. The Bertz CT molecular complexity index is 1130. The number of ether oxygens (including phenoxy) is 1. The number of methoxy groups -OCH3 is 1. The zero-order chi connectivity index (χ0) is 24.6. The third-order valence-corrected chi connectivity index (χ3v) is 6.69. The van der Waals surface area contributed by atoms with E-state index in [9.17, 15) is 9.59 Å². The van der Waals surface area contributed by atoms with Gasteiger partial charge in [0.2, 0.25) is 11.8 Å². The summed E-state index contributed by atoms with van der Waals surface area (Å²) in [5.74, 6) is 0.981. The molecule has 0 saturated carbocycles. The predicted octanol–water partition coefficient (Wildman–Crippen LogP) is 3.88. The monoisotopic (exact) mass is 476 g/mol. The second-order valence-corrected chi connectivity index (χ2v) is 9.22. The van der Waals surface area contributed by atoms with Gasteiger partial charge in [-0.3, -0.25) is 14.5 Å². The van der Waals surface area contributed by atoms with Gasteiger partial charge < -0.3 is 20.4 Å². The number of amides is 2. The lowest BCUT2D eigenvalue weighted by atomic mass is 10.00. The van der Waals surface area contributed by atoms with Gasteiger partial charge in [-0.1, -0.05) is 25.1 Å². The van der Waals surface area contributed by atoms with Crippen LogP contribution in [-0.4, -0.2) is 61.0 Å². The van der Waals surface area contributed by atoms with Crippen LogP contribution < -0.4 is 15.4 Å². The highest BCUT2D eigenvalue weighted by molar-refractivity contribution is 5.91. The van der Waals surface area contributed by atoms with Crippen LogP contribution in [0.3, 0.4) is 0 Å². The molecule has 1 aromatic heterocycles. The molecule has 0 atom stereocenters. The molecule has 2 amide bonds. The third kappa shape index (κ3) is 6.42. The SMILES string of the molecule is CCCNC(=O)CN1CCC(NC(=O)CCc2c(-c3ccc(OC)cc3)[nH]c3ccccc23)CC1. The van der Waals surface area contributed by atoms with Crippen molar-refractivity contribution in [3.63, 3.8) is 0 Å². The highest BCUT2D eigenvalue weighted by Crippen LogP contribution is 2.32. The average Bonchev–Trinajstić information content (AvgIpc) is 3.26. The van der Waals surface area contributed by atoms with Gasteiger partial charge in [0.15, 0.2) is 0 Å². The summed E-state index contributed by atoms with van der Waals surface area (Å²) in [6.45, 7) is 4.87. The zero-order valence-corrected chi connectivity index (χ0v) is 20.7. The maximum Gasteiger partial charge on any atom is 0.234 e. The molecule has 186 valence electrons. The smallest absolute Gasteiger partial charge is 0.234 e. The van der Waals surface area contributed by atoms with Crippen LogP contribution in [0.2, 0.25) is 0 Å². The van der Waals surface area contributed by atoms with Gasteiger partial charge in [0, 0.05) is 48.7 Å². The number of fused-ring (bicyclic) bond motifs is 1. The first-order chi connectivity index (χ1) is 17.1. The van der Waals surface area contributed by atoms with E-state index in [-0.39, 0.29) is 17.9 Å². The predicted molar refractivity (Wildman–Crippen MR) is 140 cm³/mol. The van der Waals surface area contributed by atoms with Gasteiger partial charge >= 0.3 is 0 Å². The Morgan fingerprint density at radius 3 is 2.51 bits per heavy atom. The normalized spacial score (nSPS) is 14.7. The molecule has 1 aliphatic rings. The number of aryl methyl sites for hydroxylation is 1. The van der Waals surface area contributed by atoms with Crippen LogP contribution in [0.4, 0.5) is 0 Å². The topological polar surface area (TPSA) is 86.5 Å². The van der Waals surface area contributed by atoms with Gasteiger partial charge in [0.25, 0.3) is 0 Å². The molecule has 0 bridgehead atoms. The van der Waals surface area contributed by atoms with Crippen LogP contribution in [0.1, 0.15) is 38.2 Å². The van der Waals surface area contributed by atoms with Crippen molar-refractivity contribution in [3.05, 3.63) is 54.1 Å². The highest BCUT2D eigenvalue weighted by Gasteiger charge is 2.22. The molecule has 0 spiro atoms. The van der Waals surface area contributed by atoms with Crippen molar-refractivity contribution in [2.24, 2.45) is 0 Å². The lowest BCUT2D eigenvalue weighted by Gasteiger charge is -2.31. The minimum Gasteiger partial charge on any atom is -0.497 e. The first-order valence-corrected chi connectivity index (χ1v) is 12.6. The van der Waals surface area contributed by atoms with Crippen molar-refractivity contribution in [1.29, 1.82) is 0 Å². The number of carbonyl (C=O) groups is 2. The standard InChI is InChI=1S/C28H36N4O3/c1-3-16-29-27(34)19-32-17-14-21(15-18-32)30-26(33)13-12-24-23-6-4-5-7-25(23)31-28(24)20-8-10-22(35-2)11-9-20/h4-11,21,31H,3,12-19H2,1-2H3,(H,29,34)(H,30,33). The molecule has 0 aliphatic carbocycles. The van der Waals surface area contributed by atoms with Crippen molar-refractivity contribution < 1.29 is 14.3 Å². The number of carbonyl (C=O) groups excluding carboxylic acids is 2. The minimum absolute atomic E-state index is 0.0788. The van der Waals surface area contributed by atoms with E-state index in [1.54, 1.807) is 7.11 Å². The Labute approximate surface area is 207 Å². The molecule has 1 aliphatic heterocycles. The maximum absolute atomic E-state index is 12.8. The number of likely N-dealkylation sites (tertiary alicyclic amines) is 1. The summed E-state index contributed by atoms with van der Waals surface area (Å²) in [6.07, 6.45) is 3.78. The molecule has 1 fully saturated rings. The third-order valence-electron chi connectivity index (χ3n) is 6.69. The Balaban J connectivity index is 1.34. The number of nitrogens with one attached hydrogen (secondary N) is 3. The first-order valence-electron chi connectivity index (χ1n) is 12.6. The molecule has 2 aromatic carbocycles. The van der Waals surface area contributed by atoms with E-state index in [0.717, 1.165) is 72.4 Å². The molecule has 1 saturated heterocycles. The lowest BCUT2D eigenvalue weighted by molar-refractivity contribution is -0.124. The summed E-state index contributed by atoms with van der Waals surface area (Å²) in [5.41, 5.74) is 4.36. The van der Waals surface area contributed by atoms with E-state index in [1.165, 1.54) is 0 Å². The average molecular weight is 477 g/mol. The number of benzene rings is 2. The number of H-pyrrole nitrogens is 1. The summed E-state index contributed by atoms with van der Waals surface area (Å²) in [4.78, 5) is 30.5. The molecule has 7 heteroatoms. The van der Waals surface area contributed by atoms with E-state index in [2.05, 4.69) is 32.7 Å². The molecule has 4 rings (SSSR count). The van der Waals surface area contributed by atoms with E-state index in [4.69, 9.17) is 4.74 Å². The van der Waals surface area contributed by atoms with Crippen LogP contribution in [0.5, 0.6) is 5.75 Å². The van der Waals surface area contributed by atoms with Crippen LogP contribution in [-0.2, 0) is 16.0 Å². The van der Waals surface area contributed by atoms with Crippen molar-refractivity contribution in [3.8, 4) is 17.0 Å². The number of piperidine rings is 1. The quantitative estimate of drug-likeness (QED) is 0.415. The molecule has 3 N–H and O–H groups in total. The minimum atomic E-state index is 0.0788. The van der Waals surface area contributed by atoms with Gasteiger partial charge in [-0.2, -0.15) is 0 Å². The molecule has 35 heavy (non-hydrogen) atoms. The van der Waals surface area contributed by atoms with Crippen LogP contribution in [0.15, 0.2) is 48.5 Å². The Morgan fingerprint density at radius 2 is 1.80 bits per heavy atom. The first kappa shape index (κ1) is 24.8. The van der Waals surface area contributed by atoms with Gasteiger partial charge in [0.05, 0.1) is 13.7 Å². The Kier molecular flexibility index (Phi) is 8.42. The van der Waals surface area contributed by atoms with Crippen LogP contribution in [0, 0.1) is 0 Å². The molecule has 7 nitrogen and oxygen atoms in total. The highest BCUT2D eigenvalue weighted by atomic mass is 16.5. The summed E-state index contributed by atoms with van der Waals surface area (Å²) in [7, 11) is 1.66. The number of hydrogen-bond donors (Lipinski definition) is 3. The summed E-state index contributed by atoms with van der Waals surface area (Å²) in [6, 6.07) is 16.4. The van der Waals surface area contributed by atoms with Crippen LogP contribution >= 0.6 is 0 Å². The number of nitrogens with zero attached hydrogens (tertiary/aromatic N) is 1. The van der Waals surface area contributed by atoms with Gasteiger partial charge in [0.1, 0.15) is 5.75 Å². The molecule has 2 heterocycles. The van der Waals surface area contributed by atoms with Crippen molar-refractivity contribution in [2.45, 2.75) is 45.1 Å². The van der Waals surface area contributed by atoms with Gasteiger partial charge in [-0.25, -0.2) is 0 Å². The van der Waals surface area contributed by atoms with E-state index in [1.807, 2.05) is 43.3 Å². The lowest BCUT2D eigenvalue weighted by Crippen LogP contribution is -2.47. The van der Waals surface area contributed by atoms with Gasteiger partial charge in [-0.15, -0.1) is 0 Å². The Hall–Kier alpha value is -3.32. The molecule has 0 radical (unpaired) electrons. The van der Waals surface area contributed by atoms with Crippen LogP contribution in [0.25, 0.3) is 22.2 Å². The summed E-state index contributed by atoms with van der Waals surface area (Å²) < 4.78 is 5.30. The summed E-state index contributed by atoms with van der Waals surface area (Å²) in [5, 5.41) is 7.30. The fourth-order valence-electron chi connectivity index (χ4n) is 4.76. The molecular weight excluding hydrogens is 440 g/mol. The number of hydrogen-bond acceptors (Lipinski definition) is 4. The number of para-hydroxylation sites is 1. The number of aromatic nitrogens is 1.